The molecule has 1 aliphatic carbocycles. The fourth-order valence-electron chi connectivity index (χ4n) is 3.05. The number of rotatable bonds is 1. The lowest BCUT2D eigenvalue weighted by Gasteiger charge is -2.25. The summed E-state index contributed by atoms with van der Waals surface area (Å²) in [4.78, 5) is 4.82. The Morgan fingerprint density at radius 3 is 2.53 bits per heavy atom. The van der Waals surface area contributed by atoms with Crippen molar-refractivity contribution in [1.29, 1.82) is 0 Å². The molecule has 90 valence electrons. The number of fused-ring (bicyclic) bond motifs is 1. The zero-order valence-electron chi connectivity index (χ0n) is 10.7. The van der Waals surface area contributed by atoms with Crippen LogP contribution in [0.1, 0.15) is 44.3 Å². The first-order chi connectivity index (χ1) is 8.25. The van der Waals surface area contributed by atoms with E-state index in [1.807, 2.05) is 0 Å². The number of hydrogen-bond acceptors (Lipinski definition) is 1. The summed E-state index contributed by atoms with van der Waals surface area (Å²) in [5, 5.41) is 0. The van der Waals surface area contributed by atoms with E-state index in [1.165, 1.54) is 37.0 Å². The van der Waals surface area contributed by atoms with Crippen LogP contribution in [-0.2, 0) is 7.05 Å². The van der Waals surface area contributed by atoms with Gasteiger partial charge in [-0.1, -0.05) is 31.9 Å². The number of benzene rings is 1. The van der Waals surface area contributed by atoms with Crippen LogP contribution in [0.5, 0.6) is 0 Å². The van der Waals surface area contributed by atoms with E-state index in [0.29, 0.717) is 5.92 Å². The third-order valence-corrected chi connectivity index (χ3v) is 4.20. The van der Waals surface area contributed by atoms with E-state index in [4.69, 9.17) is 4.98 Å². The fourth-order valence-corrected chi connectivity index (χ4v) is 3.05. The number of hydrogen-bond donors (Lipinski definition) is 0. The van der Waals surface area contributed by atoms with E-state index >= 15 is 0 Å². The van der Waals surface area contributed by atoms with Crippen molar-refractivity contribution >= 4 is 11.0 Å². The third kappa shape index (κ3) is 1.86. The van der Waals surface area contributed by atoms with Crippen LogP contribution in [-0.4, -0.2) is 9.55 Å². The number of nitrogens with zero attached hydrogens (tertiary/aromatic N) is 2. The Morgan fingerprint density at radius 1 is 1.12 bits per heavy atom. The average Bonchev–Trinajstić information content (AvgIpc) is 2.69. The van der Waals surface area contributed by atoms with Crippen molar-refractivity contribution in [2.75, 3.05) is 0 Å². The highest BCUT2D eigenvalue weighted by Crippen LogP contribution is 2.35. The molecule has 2 aromatic rings. The first-order valence-electron chi connectivity index (χ1n) is 6.67. The summed E-state index contributed by atoms with van der Waals surface area (Å²) in [5.74, 6) is 2.86. The van der Waals surface area contributed by atoms with E-state index in [-0.39, 0.29) is 0 Å². The van der Waals surface area contributed by atoms with Gasteiger partial charge in [0.1, 0.15) is 5.82 Å². The predicted octanol–water partition coefficient (Wildman–Crippen LogP) is 3.87. The quantitative estimate of drug-likeness (QED) is 0.724. The molecule has 0 radical (unpaired) electrons. The van der Waals surface area contributed by atoms with Gasteiger partial charge >= 0.3 is 0 Å². The molecule has 0 bridgehead atoms. The van der Waals surface area contributed by atoms with Crippen molar-refractivity contribution in [1.82, 2.24) is 9.55 Å². The lowest BCUT2D eigenvalue weighted by atomic mass is 9.82. The van der Waals surface area contributed by atoms with Crippen molar-refractivity contribution in [3.8, 4) is 0 Å². The molecule has 1 aliphatic rings. The Hall–Kier alpha value is -1.31. The molecule has 3 rings (SSSR count). The normalized spacial score (nSPS) is 25.3. The van der Waals surface area contributed by atoms with Crippen LogP contribution in [0.3, 0.4) is 0 Å². The van der Waals surface area contributed by atoms with Crippen LogP contribution in [0.15, 0.2) is 24.3 Å². The predicted molar refractivity (Wildman–Crippen MR) is 71.1 cm³/mol. The SMILES string of the molecule is Cn1c2ccccc2nc1[C@H]1CC[C@H](C)CC1. The van der Waals surface area contributed by atoms with Gasteiger partial charge in [0.25, 0.3) is 0 Å². The van der Waals surface area contributed by atoms with Crippen LogP contribution in [0.4, 0.5) is 0 Å². The second-order valence-corrected chi connectivity index (χ2v) is 5.47. The topological polar surface area (TPSA) is 17.8 Å². The highest BCUT2D eigenvalue weighted by atomic mass is 15.1. The van der Waals surface area contributed by atoms with Gasteiger partial charge in [-0.25, -0.2) is 4.98 Å². The Bertz CT molecular complexity index is 519. The van der Waals surface area contributed by atoms with E-state index in [9.17, 15) is 0 Å². The molecule has 17 heavy (non-hydrogen) atoms. The zero-order valence-corrected chi connectivity index (χ0v) is 10.7. The molecule has 2 nitrogen and oxygen atoms in total. The van der Waals surface area contributed by atoms with Crippen molar-refractivity contribution < 1.29 is 0 Å². The van der Waals surface area contributed by atoms with Crippen LogP contribution in [0.2, 0.25) is 0 Å². The molecule has 0 saturated heterocycles. The van der Waals surface area contributed by atoms with Crippen molar-refractivity contribution in [3.05, 3.63) is 30.1 Å². The minimum Gasteiger partial charge on any atom is -0.331 e. The van der Waals surface area contributed by atoms with E-state index < -0.39 is 0 Å². The number of aromatic nitrogens is 2. The van der Waals surface area contributed by atoms with Crippen LogP contribution in [0, 0.1) is 5.92 Å². The second kappa shape index (κ2) is 4.17. The van der Waals surface area contributed by atoms with E-state index in [1.54, 1.807) is 0 Å². The molecule has 0 atom stereocenters. The minimum absolute atomic E-state index is 0.670. The second-order valence-electron chi connectivity index (χ2n) is 5.47. The first kappa shape index (κ1) is 10.8. The average molecular weight is 228 g/mol. The molecule has 0 N–H and O–H groups in total. The molecule has 1 aromatic carbocycles. The molecule has 1 heterocycles. The lowest BCUT2D eigenvalue weighted by molar-refractivity contribution is 0.337. The van der Waals surface area contributed by atoms with Gasteiger partial charge in [-0.3, -0.25) is 0 Å². The van der Waals surface area contributed by atoms with Crippen molar-refractivity contribution in [2.24, 2.45) is 13.0 Å². The lowest BCUT2D eigenvalue weighted by Crippen LogP contribution is -2.14. The molecule has 0 unspecified atom stereocenters. The molecule has 1 fully saturated rings. The largest absolute Gasteiger partial charge is 0.331 e. The molecule has 1 saturated carbocycles. The fraction of sp³-hybridized carbons (Fsp3) is 0.533. The third-order valence-electron chi connectivity index (χ3n) is 4.20. The molecule has 2 heteroatoms. The summed E-state index contributed by atoms with van der Waals surface area (Å²) in [6.07, 6.45) is 5.32. The monoisotopic (exact) mass is 228 g/mol. The van der Waals surface area contributed by atoms with Gasteiger partial charge in [-0.15, -0.1) is 0 Å². The van der Waals surface area contributed by atoms with Gasteiger partial charge in [0.15, 0.2) is 0 Å². The highest BCUT2D eigenvalue weighted by Gasteiger charge is 2.23. The minimum atomic E-state index is 0.670. The maximum atomic E-state index is 4.82. The summed E-state index contributed by atoms with van der Waals surface area (Å²) in [7, 11) is 2.16. The molecular formula is C15H20N2. The maximum absolute atomic E-state index is 4.82. The molecule has 0 aliphatic heterocycles. The molecule has 1 aromatic heterocycles. The Labute approximate surface area is 103 Å². The van der Waals surface area contributed by atoms with Gasteiger partial charge in [-0.2, -0.15) is 0 Å². The number of imidazole rings is 1. The van der Waals surface area contributed by atoms with Crippen molar-refractivity contribution in [3.63, 3.8) is 0 Å². The van der Waals surface area contributed by atoms with Gasteiger partial charge in [0.05, 0.1) is 11.0 Å². The molecular weight excluding hydrogens is 208 g/mol. The Kier molecular flexibility index (Phi) is 2.65. The zero-order chi connectivity index (χ0) is 11.8. The standard InChI is InChI=1S/C15H20N2/c1-11-7-9-12(10-8-11)15-16-13-5-3-4-6-14(13)17(15)2/h3-6,11-12H,7-10H2,1-2H3/t11-,12-. The number of para-hydroxylation sites is 2. The van der Waals surface area contributed by atoms with Gasteiger partial charge in [0.2, 0.25) is 0 Å². The van der Waals surface area contributed by atoms with Crippen molar-refractivity contribution in [2.45, 2.75) is 38.5 Å². The Morgan fingerprint density at radius 2 is 1.82 bits per heavy atom. The summed E-state index contributed by atoms with van der Waals surface area (Å²) in [6, 6.07) is 8.44. The molecule has 0 amide bonds. The highest BCUT2D eigenvalue weighted by molar-refractivity contribution is 5.75. The first-order valence-corrected chi connectivity index (χ1v) is 6.67. The van der Waals surface area contributed by atoms with E-state index in [0.717, 1.165) is 11.4 Å². The van der Waals surface area contributed by atoms with Gasteiger partial charge in [0, 0.05) is 13.0 Å². The maximum Gasteiger partial charge on any atom is 0.112 e. The van der Waals surface area contributed by atoms with Crippen LogP contribution in [0.25, 0.3) is 11.0 Å². The Balaban J connectivity index is 1.97. The summed E-state index contributed by atoms with van der Waals surface area (Å²) >= 11 is 0. The van der Waals surface area contributed by atoms with E-state index in [2.05, 4.69) is 42.8 Å². The smallest absolute Gasteiger partial charge is 0.112 e. The number of aryl methyl sites for hydroxylation is 1. The summed E-state index contributed by atoms with van der Waals surface area (Å²) in [5.41, 5.74) is 2.41. The molecule has 0 spiro atoms. The summed E-state index contributed by atoms with van der Waals surface area (Å²) in [6.45, 7) is 2.37. The van der Waals surface area contributed by atoms with Crippen LogP contribution >= 0.6 is 0 Å². The van der Waals surface area contributed by atoms with Crippen LogP contribution < -0.4 is 0 Å². The van der Waals surface area contributed by atoms with Gasteiger partial charge in [-0.05, 0) is 30.9 Å². The van der Waals surface area contributed by atoms with Gasteiger partial charge < -0.3 is 4.57 Å². The summed E-state index contributed by atoms with van der Waals surface area (Å²) < 4.78 is 2.29.